The second-order valence-electron chi connectivity index (χ2n) is 6.40. The highest BCUT2D eigenvalue weighted by Crippen LogP contribution is 2.29. The van der Waals surface area contributed by atoms with E-state index in [9.17, 15) is 4.79 Å². The molecule has 0 aliphatic heterocycles. The van der Waals surface area contributed by atoms with Gasteiger partial charge in [-0.15, -0.1) is 16.8 Å². The quantitative estimate of drug-likeness (QED) is 0.431. The molecule has 144 valence electrons. The molecule has 0 atom stereocenters. The van der Waals surface area contributed by atoms with E-state index in [4.69, 9.17) is 11.6 Å². The molecule has 0 aliphatic rings. The molecule has 0 spiro atoms. The van der Waals surface area contributed by atoms with Crippen LogP contribution in [0.25, 0.3) is 11.4 Å². The first-order chi connectivity index (χ1) is 13.5. The van der Waals surface area contributed by atoms with Crippen LogP contribution in [0.1, 0.15) is 11.1 Å². The zero-order chi connectivity index (χ0) is 20.1. The number of rotatable bonds is 7. The largest absolute Gasteiger partial charge is 0.325 e. The number of anilines is 1. The normalized spacial score (nSPS) is 10.7. The number of benzene rings is 2. The van der Waals surface area contributed by atoms with Crippen LogP contribution in [0.5, 0.6) is 0 Å². The van der Waals surface area contributed by atoms with E-state index in [0.717, 1.165) is 22.4 Å². The third-order valence-electron chi connectivity index (χ3n) is 3.98. The molecule has 3 aromatic rings. The molecule has 0 bridgehead atoms. The van der Waals surface area contributed by atoms with Gasteiger partial charge in [0.2, 0.25) is 5.91 Å². The number of thioether (sulfide) groups is 1. The van der Waals surface area contributed by atoms with E-state index in [1.165, 1.54) is 11.8 Å². The highest BCUT2D eigenvalue weighted by molar-refractivity contribution is 7.99. The smallest absolute Gasteiger partial charge is 0.234 e. The fraction of sp³-hybridized carbons (Fsp3) is 0.190. The van der Waals surface area contributed by atoms with Crippen molar-refractivity contribution >= 4 is 35.0 Å². The molecule has 1 aromatic heterocycles. The molecular formula is C21H21ClN4OS. The van der Waals surface area contributed by atoms with Crippen molar-refractivity contribution in [3.05, 3.63) is 71.3 Å². The zero-order valence-corrected chi connectivity index (χ0v) is 17.3. The zero-order valence-electron chi connectivity index (χ0n) is 15.8. The summed E-state index contributed by atoms with van der Waals surface area (Å²) >= 11 is 7.64. The summed E-state index contributed by atoms with van der Waals surface area (Å²) in [7, 11) is 0. The number of hydrogen-bond donors (Lipinski definition) is 1. The van der Waals surface area contributed by atoms with Gasteiger partial charge in [-0.3, -0.25) is 9.36 Å². The molecular weight excluding hydrogens is 392 g/mol. The average molecular weight is 413 g/mol. The molecule has 0 radical (unpaired) electrons. The van der Waals surface area contributed by atoms with E-state index < -0.39 is 0 Å². The minimum Gasteiger partial charge on any atom is -0.325 e. The number of nitrogens with one attached hydrogen (secondary N) is 1. The van der Waals surface area contributed by atoms with Crippen LogP contribution in [0.4, 0.5) is 5.69 Å². The van der Waals surface area contributed by atoms with Crippen molar-refractivity contribution in [3.63, 3.8) is 0 Å². The standard InChI is InChI=1S/C21H21ClN4OS/c1-4-9-26-20(17-7-5-6-8-18(17)22)24-25-21(26)28-13-19(27)23-16-11-14(2)10-15(3)12-16/h4-8,10-12H,1,9,13H2,2-3H3,(H,23,27). The summed E-state index contributed by atoms with van der Waals surface area (Å²) in [6, 6.07) is 13.4. The van der Waals surface area contributed by atoms with Gasteiger partial charge in [-0.2, -0.15) is 0 Å². The fourth-order valence-electron chi connectivity index (χ4n) is 2.90. The third-order valence-corrected chi connectivity index (χ3v) is 5.28. The molecule has 0 unspecified atom stereocenters. The van der Waals surface area contributed by atoms with E-state index in [1.54, 1.807) is 6.08 Å². The third kappa shape index (κ3) is 4.82. The Morgan fingerprint density at radius 3 is 2.61 bits per heavy atom. The summed E-state index contributed by atoms with van der Waals surface area (Å²) in [6.45, 7) is 8.34. The first-order valence-electron chi connectivity index (χ1n) is 8.78. The van der Waals surface area contributed by atoms with Crippen molar-refractivity contribution in [2.75, 3.05) is 11.1 Å². The van der Waals surface area contributed by atoms with Gasteiger partial charge < -0.3 is 5.32 Å². The summed E-state index contributed by atoms with van der Waals surface area (Å²) in [5.74, 6) is 0.787. The van der Waals surface area contributed by atoms with E-state index in [1.807, 2.05) is 54.8 Å². The summed E-state index contributed by atoms with van der Waals surface area (Å²) in [6.07, 6.45) is 1.77. The lowest BCUT2D eigenvalue weighted by molar-refractivity contribution is -0.113. The molecule has 1 heterocycles. The molecule has 28 heavy (non-hydrogen) atoms. The van der Waals surface area contributed by atoms with Crippen LogP contribution in [-0.4, -0.2) is 26.4 Å². The number of nitrogens with zero attached hydrogens (tertiary/aromatic N) is 3. The average Bonchev–Trinajstić information content (AvgIpc) is 3.02. The SMILES string of the molecule is C=CCn1c(SCC(=O)Nc2cc(C)cc(C)c2)nnc1-c1ccccc1Cl. The Hall–Kier alpha value is -2.57. The van der Waals surface area contributed by atoms with Crippen molar-refractivity contribution in [2.45, 2.75) is 25.5 Å². The van der Waals surface area contributed by atoms with Crippen molar-refractivity contribution in [2.24, 2.45) is 0 Å². The van der Waals surface area contributed by atoms with Gasteiger partial charge in [0, 0.05) is 17.8 Å². The van der Waals surface area contributed by atoms with Gasteiger partial charge in [0.15, 0.2) is 11.0 Å². The topological polar surface area (TPSA) is 59.8 Å². The number of carbonyl (C=O) groups is 1. The van der Waals surface area contributed by atoms with Crippen molar-refractivity contribution in [3.8, 4) is 11.4 Å². The molecule has 2 aromatic carbocycles. The van der Waals surface area contributed by atoms with Crippen LogP contribution in [0, 0.1) is 13.8 Å². The number of amides is 1. The lowest BCUT2D eigenvalue weighted by atomic mass is 10.1. The van der Waals surface area contributed by atoms with Gasteiger partial charge in [-0.05, 0) is 49.2 Å². The number of aryl methyl sites for hydroxylation is 2. The number of halogens is 1. The number of aromatic nitrogens is 3. The maximum atomic E-state index is 12.4. The van der Waals surface area contributed by atoms with Gasteiger partial charge >= 0.3 is 0 Å². The summed E-state index contributed by atoms with van der Waals surface area (Å²) in [4.78, 5) is 12.4. The van der Waals surface area contributed by atoms with Crippen molar-refractivity contribution in [1.82, 2.24) is 14.8 Å². The number of allylic oxidation sites excluding steroid dienone is 1. The minimum atomic E-state index is -0.0950. The Bertz CT molecular complexity index is 995. The molecule has 1 N–H and O–H groups in total. The predicted molar refractivity (Wildman–Crippen MR) is 116 cm³/mol. The van der Waals surface area contributed by atoms with E-state index in [0.29, 0.717) is 22.5 Å². The van der Waals surface area contributed by atoms with Crippen LogP contribution in [-0.2, 0) is 11.3 Å². The first kappa shape index (κ1) is 20.2. The lowest BCUT2D eigenvalue weighted by Crippen LogP contribution is -2.15. The lowest BCUT2D eigenvalue weighted by Gasteiger charge is -2.09. The Balaban J connectivity index is 1.74. The molecule has 7 heteroatoms. The maximum absolute atomic E-state index is 12.4. The summed E-state index contributed by atoms with van der Waals surface area (Å²) in [5.41, 5.74) is 3.81. The summed E-state index contributed by atoms with van der Waals surface area (Å²) in [5, 5.41) is 12.7. The fourth-order valence-corrected chi connectivity index (χ4v) is 3.87. The van der Waals surface area contributed by atoms with Gasteiger partial charge in [0.1, 0.15) is 0 Å². The van der Waals surface area contributed by atoms with Gasteiger partial charge in [0.25, 0.3) is 0 Å². The Morgan fingerprint density at radius 2 is 1.93 bits per heavy atom. The van der Waals surface area contributed by atoms with Crippen LogP contribution < -0.4 is 5.32 Å². The van der Waals surface area contributed by atoms with Crippen LogP contribution in [0.2, 0.25) is 5.02 Å². The van der Waals surface area contributed by atoms with E-state index in [-0.39, 0.29) is 11.7 Å². The van der Waals surface area contributed by atoms with Crippen molar-refractivity contribution in [1.29, 1.82) is 0 Å². The van der Waals surface area contributed by atoms with E-state index in [2.05, 4.69) is 28.2 Å². The monoisotopic (exact) mass is 412 g/mol. The predicted octanol–water partition coefficient (Wildman–Crippen LogP) is 5.13. The van der Waals surface area contributed by atoms with Crippen molar-refractivity contribution < 1.29 is 4.79 Å². The second-order valence-corrected chi connectivity index (χ2v) is 7.75. The van der Waals surface area contributed by atoms with Crippen LogP contribution >= 0.6 is 23.4 Å². The van der Waals surface area contributed by atoms with Gasteiger partial charge in [0.05, 0.1) is 10.8 Å². The molecule has 0 fully saturated rings. The highest BCUT2D eigenvalue weighted by atomic mass is 35.5. The molecule has 3 rings (SSSR count). The Morgan fingerprint density at radius 1 is 1.21 bits per heavy atom. The molecule has 0 aliphatic carbocycles. The molecule has 1 amide bonds. The summed E-state index contributed by atoms with van der Waals surface area (Å²) < 4.78 is 1.91. The maximum Gasteiger partial charge on any atom is 0.234 e. The molecule has 0 saturated carbocycles. The minimum absolute atomic E-state index is 0.0950. The van der Waals surface area contributed by atoms with Gasteiger partial charge in [-0.1, -0.05) is 47.6 Å². The van der Waals surface area contributed by atoms with E-state index >= 15 is 0 Å². The molecule has 0 saturated heterocycles. The molecule has 5 nitrogen and oxygen atoms in total. The Kier molecular flexibility index (Phi) is 6.54. The van der Waals surface area contributed by atoms with Gasteiger partial charge in [-0.25, -0.2) is 0 Å². The Labute approximate surface area is 173 Å². The first-order valence-corrected chi connectivity index (χ1v) is 10.1. The number of hydrogen-bond acceptors (Lipinski definition) is 4. The number of carbonyl (C=O) groups excluding carboxylic acids is 1. The van der Waals surface area contributed by atoms with Crippen LogP contribution in [0.3, 0.4) is 0 Å². The highest BCUT2D eigenvalue weighted by Gasteiger charge is 2.16. The second kappa shape index (κ2) is 9.08. The van der Waals surface area contributed by atoms with Crippen LogP contribution in [0.15, 0.2) is 60.3 Å².